The number of hydrogen-bond acceptors (Lipinski definition) is 7. The Morgan fingerprint density at radius 1 is 1.12 bits per heavy atom. The van der Waals surface area contributed by atoms with Gasteiger partial charge in [-0.05, 0) is 50.8 Å². The molecule has 3 amide bonds. The van der Waals surface area contributed by atoms with Crippen LogP contribution in [0.5, 0.6) is 5.75 Å². The minimum Gasteiger partial charge on any atom is -0.508 e. The molecular weight excluding hydrogens is 418 g/mol. The number of methoxy groups -OCH3 is 1. The molecule has 3 unspecified atom stereocenters. The maximum atomic E-state index is 13.2. The molecule has 0 spiro atoms. The van der Waals surface area contributed by atoms with Crippen molar-refractivity contribution in [2.24, 2.45) is 5.92 Å². The molecule has 2 rings (SSSR count). The molecule has 0 bridgehead atoms. The zero-order valence-electron chi connectivity index (χ0n) is 19.0. The van der Waals surface area contributed by atoms with E-state index in [1.54, 1.807) is 20.8 Å². The molecule has 1 aliphatic carbocycles. The monoisotopic (exact) mass is 449 g/mol. The number of esters is 1. The Kier molecular flexibility index (Phi) is 8.07. The fourth-order valence-corrected chi connectivity index (χ4v) is 3.19. The van der Waals surface area contributed by atoms with Gasteiger partial charge in [-0.15, -0.1) is 0 Å². The van der Waals surface area contributed by atoms with E-state index in [1.165, 1.54) is 36.3 Å². The molecule has 3 atom stereocenters. The SMILES string of the molecule is COC(=O)CNC(=O)C(c1ccc(O)cc1)N(C(=O)CNC(=O)OC(C)(C)C)C1CC1C. The van der Waals surface area contributed by atoms with Gasteiger partial charge in [0.25, 0.3) is 0 Å². The van der Waals surface area contributed by atoms with Crippen LogP contribution in [-0.4, -0.2) is 65.7 Å². The molecule has 0 saturated heterocycles. The Bertz CT molecular complexity index is 848. The van der Waals surface area contributed by atoms with Gasteiger partial charge < -0.3 is 30.1 Å². The van der Waals surface area contributed by atoms with Crippen LogP contribution in [0.1, 0.15) is 45.7 Å². The predicted molar refractivity (Wildman–Crippen MR) is 115 cm³/mol. The highest BCUT2D eigenvalue weighted by Gasteiger charge is 2.46. The van der Waals surface area contributed by atoms with Crippen molar-refractivity contribution in [3.63, 3.8) is 0 Å². The van der Waals surface area contributed by atoms with Gasteiger partial charge in [-0.3, -0.25) is 14.4 Å². The number of phenolic OH excluding ortho intramolecular Hbond substituents is 1. The number of nitrogens with one attached hydrogen (secondary N) is 2. The first-order chi connectivity index (χ1) is 14.9. The zero-order chi connectivity index (χ0) is 24.1. The molecule has 1 aromatic rings. The van der Waals surface area contributed by atoms with Gasteiger partial charge in [0, 0.05) is 6.04 Å². The number of amides is 3. The van der Waals surface area contributed by atoms with Gasteiger partial charge in [-0.1, -0.05) is 19.1 Å². The van der Waals surface area contributed by atoms with Gasteiger partial charge in [-0.25, -0.2) is 4.79 Å². The van der Waals surface area contributed by atoms with Crippen molar-refractivity contribution < 1.29 is 33.8 Å². The Balaban J connectivity index is 2.27. The second-order valence-corrected chi connectivity index (χ2v) is 8.72. The first-order valence-corrected chi connectivity index (χ1v) is 10.3. The summed E-state index contributed by atoms with van der Waals surface area (Å²) in [5.41, 5.74) is -0.268. The number of nitrogens with zero attached hydrogens (tertiary/aromatic N) is 1. The van der Waals surface area contributed by atoms with Crippen LogP contribution in [0.3, 0.4) is 0 Å². The summed E-state index contributed by atoms with van der Waals surface area (Å²) >= 11 is 0. The third-order valence-corrected chi connectivity index (χ3v) is 4.87. The van der Waals surface area contributed by atoms with Crippen molar-refractivity contribution in [2.75, 3.05) is 20.2 Å². The molecule has 32 heavy (non-hydrogen) atoms. The predicted octanol–water partition coefficient (Wildman–Crippen LogP) is 1.48. The molecule has 0 heterocycles. The fraction of sp³-hybridized carbons (Fsp3) is 0.545. The standard InChI is InChI=1S/C22H31N3O7/c1-13-10-16(13)25(17(27)11-24-21(30)32-22(2,3)4)19(14-6-8-15(26)9-7-14)20(29)23-12-18(28)31-5/h6-9,13,16,19,26H,10-12H2,1-5H3,(H,23,29)(H,24,30). The van der Waals surface area contributed by atoms with Crippen LogP contribution < -0.4 is 10.6 Å². The zero-order valence-corrected chi connectivity index (χ0v) is 19.0. The number of alkyl carbamates (subject to hydrolysis) is 1. The number of ether oxygens (including phenoxy) is 2. The van der Waals surface area contributed by atoms with E-state index in [0.717, 1.165) is 0 Å². The Labute approximate surface area is 187 Å². The summed E-state index contributed by atoms with van der Waals surface area (Å²) in [6.07, 6.45) is -0.0530. The molecule has 0 aliphatic heterocycles. The normalized spacial score (nSPS) is 18.2. The second-order valence-electron chi connectivity index (χ2n) is 8.72. The second kappa shape index (κ2) is 10.3. The van der Waals surface area contributed by atoms with Crippen molar-refractivity contribution in [1.82, 2.24) is 15.5 Å². The van der Waals surface area contributed by atoms with Crippen molar-refractivity contribution >= 4 is 23.9 Å². The summed E-state index contributed by atoms with van der Waals surface area (Å²) in [5.74, 6) is -1.52. The molecule has 1 fully saturated rings. The largest absolute Gasteiger partial charge is 0.508 e. The minimum atomic E-state index is -1.07. The lowest BCUT2D eigenvalue weighted by Crippen LogP contribution is -2.49. The van der Waals surface area contributed by atoms with Crippen LogP contribution in [-0.2, 0) is 23.9 Å². The number of aromatic hydroxyl groups is 1. The van der Waals surface area contributed by atoms with E-state index in [4.69, 9.17) is 4.74 Å². The summed E-state index contributed by atoms with van der Waals surface area (Å²) in [7, 11) is 1.20. The summed E-state index contributed by atoms with van der Waals surface area (Å²) in [4.78, 5) is 51.1. The van der Waals surface area contributed by atoms with E-state index in [2.05, 4.69) is 15.4 Å². The lowest BCUT2D eigenvalue weighted by Gasteiger charge is -2.32. The molecule has 176 valence electrons. The molecule has 1 aliphatic rings. The van der Waals surface area contributed by atoms with E-state index in [9.17, 15) is 24.3 Å². The fourth-order valence-electron chi connectivity index (χ4n) is 3.19. The average Bonchev–Trinajstić information content (AvgIpc) is 3.43. The highest BCUT2D eigenvalue weighted by molar-refractivity contribution is 5.92. The summed E-state index contributed by atoms with van der Waals surface area (Å²) in [6, 6.07) is 4.61. The molecule has 10 nitrogen and oxygen atoms in total. The molecular formula is C22H31N3O7. The Hall–Kier alpha value is -3.30. The Morgan fingerprint density at radius 2 is 1.72 bits per heavy atom. The van der Waals surface area contributed by atoms with Gasteiger partial charge in [-0.2, -0.15) is 0 Å². The van der Waals surface area contributed by atoms with E-state index in [-0.39, 0.29) is 30.8 Å². The van der Waals surface area contributed by atoms with E-state index in [0.29, 0.717) is 12.0 Å². The van der Waals surface area contributed by atoms with Gasteiger partial charge in [0.15, 0.2) is 0 Å². The van der Waals surface area contributed by atoms with Crippen LogP contribution in [0.4, 0.5) is 4.79 Å². The first kappa shape index (κ1) is 25.0. The summed E-state index contributed by atoms with van der Waals surface area (Å²) in [6.45, 7) is 6.35. The van der Waals surface area contributed by atoms with Gasteiger partial charge in [0.1, 0.15) is 30.5 Å². The van der Waals surface area contributed by atoms with Crippen LogP contribution >= 0.6 is 0 Å². The molecule has 0 aromatic heterocycles. The summed E-state index contributed by atoms with van der Waals surface area (Å²) < 4.78 is 9.73. The topological polar surface area (TPSA) is 134 Å². The number of hydrogen-bond donors (Lipinski definition) is 3. The minimum absolute atomic E-state index is 0.00623. The van der Waals surface area contributed by atoms with Crippen molar-refractivity contribution in [1.29, 1.82) is 0 Å². The third-order valence-electron chi connectivity index (χ3n) is 4.87. The van der Waals surface area contributed by atoms with Crippen molar-refractivity contribution in [3.05, 3.63) is 29.8 Å². The maximum Gasteiger partial charge on any atom is 0.408 e. The first-order valence-electron chi connectivity index (χ1n) is 10.3. The average molecular weight is 450 g/mol. The number of benzene rings is 1. The van der Waals surface area contributed by atoms with Crippen LogP contribution in [0.15, 0.2) is 24.3 Å². The van der Waals surface area contributed by atoms with Gasteiger partial charge in [0.2, 0.25) is 11.8 Å². The van der Waals surface area contributed by atoms with Crippen molar-refractivity contribution in [2.45, 2.75) is 51.8 Å². The van der Waals surface area contributed by atoms with Gasteiger partial charge >= 0.3 is 12.1 Å². The molecule has 3 N–H and O–H groups in total. The number of rotatable bonds is 8. The maximum absolute atomic E-state index is 13.2. The Morgan fingerprint density at radius 3 is 2.22 bits per heavy atom. The van der Waals surface area contributed by atoms with E-state index >= 15 is 0 Å². The van der Waals surface area contributed by atoms with Crippen molar-refractivity contribution in [3.8, 4) is 5.75 Å². The van der Waals surface area contributed by atoms with Crippen LogP contribution in [0, 0.1) is 5.92 Å². The van der Waals surface area contributed by atoms with Crippen LogP contribution in [0.2, 0.25) is 0 Å². The molecule has 1 aromatic carbocycles. The quantitative estimate of drug-likeness (QED) is 0.512. The van der Waals surface area contributed by atoms with E-state index in [1.807, 2.05) is 6.92 Å². The highest BCUT2D eigenvalue weighted by atomic mass is 16.6. The number of carbonyl (C=O) groups excluding carboxylic acids is 4. The summed E-state index contributed by atoms with van der Waals surface area (Å²) in [5, 5.41) is 14.6. The highest BCUT2D eigenvalue weighted by Crippen LogP contribution is 2.40. The number of carbonyl (C=O) groups is 4. The molecule has 1 saturated carbocycles. The van der Waals surface area contributed by atoms with Crippen LogP contribution in [0.25, 0.3) is 0 Å². The smallest absolute Gasteiger partial charge is 0.408 e. The van der Waals surface area contributed by atoms with Gasteiger partial charge in [0.05, 0.1) is 7.11 Å². The molecule has 0 radical (unpaired) electrons. The number of phenols is 1. The third kappa shape index (κ3) is 7.14. The molecule has 10 heteroatoms. The van der Waals surface area contributed by atoms with E-state index < -0.39 is 35.5 Å². The lowest BCUT2D eigenvalue weighted by molar-refractivity contribution is -0.144. The lowest BCUT2D eigenvalue weighted by atomic mass is 10.0.